The Kier molecular flexibility index (Phi) is 3.42. The third-order valence-corrected chi connectivity index (χ3v) is 4.42. The first-order chi connectivity index (χ1) is 10.8. The van der Waals surface area contributed by atoms with Gasteiger partial charge in [0.15, 0.2) is 0 Å². The number of nitrogens with zero attached hydrogens (tertiary/aromatic N) is 3. The molecule has 3 aromatic rings. The van der Waals surface area contributed by atoms with E-state index in [0.29, 0.717) is 0 Å². The summed E-state index contributed by atoms with van der Waals surface area (Å²) in [5.74, 6) is 0.768. The van der Waals surface area contributed by atoms with Crippen LogP contribution in [0.2, 0.25) is 0 Å². The molecular formula is C17H13IN4. The minimum Gasteiger partial charge on any atom is -0.324 e. The molecule has 0 saturated carbocycles. The molecule has 0 bridgehead atoms. The third kappa shape index (κ3) is 2.41. The molecule has 1 N–H and O–H groups in total. The minimum atomic E-state index is 0.0502. The van der Waals surface area contributed by atoms with E-state index in [1.807, 2.05) is 22.9 Å². The molecule has 22 heavy (non-hydrogen) atoms. The van der Waals surface area contributed by atoms with Crippen LogP contribution >= 0.6 is 22.6 Å². The highest BCUT2D eigenvalue weighted by molar-refractivity contribution is 14.1. The molecule has 1 aromatic heterocycles. The molecule has 2 heterocycles. The number of hydrogen-bond acceptors (Lipinski definition) is 3. The van der Waals surface area contributed by atoms with Crippen LogP contribution in [0.25, 0.3) is 5.70 Å². The minimum absolute atomic E-state index is 0.0502. The molecule has 4 nitrogen and oxygen atoms in total. The van der Waals surface area contributed by atoms with Crippen LogP contribution in [0.4, 0.5) is 5.95 Å². The van der Waals surface area contributed by atoms with Crippen molar-refractivity contribution in [3.05, 3.63) is 81.7 Å². The van der Waals surface area contributed by atoms with E-state index >= 15 is 0 Å². The van der Waals surface area contributed by atoms with Gasteiger partial charge in [0.05, 0.1) is 0 Å². The van der Waals surface area contributed by atoms with Crippen LogP contribution in [0.3, 0.4) is 0 Å². The summed E-state index contributed by atoms with van der Waals surface area (Å²) < 4.78 is 3.13. The number of anilines is 1. The molecule has 0 fully saturated rings. The Bertz CT molecular complexity index is 821. The van der Waals surface area contributed by atoms with Crippen LogP contribution in [0.1, 0.15) is 17.2 Å². The molecule has 1 aliphatic heterocycles. The topological polar surface area (TPSA) is 42.7 Å². The molecule has 1 unspecified atom stereocenters. The monoisotopic (exact) mass is 400 g/mol. The van der Waals surface area contributed by atoms with Gasteiger partial charge in [0.1, 0.15) is 12.4 Å². The lowest BCUT2D eigenvalue weighted by Gasteiger charge is -2.24. The van der Waals surface area contributed by atoms with Crippen molar-refractivity contribution in [1.82, 2.24) is 14.8 Å². The average molecular weight is 400 g/mol. The van der Waals surface area contributed by atoms with Crippen molar-refractivity contribution in [3.63, 3.8) is 0 Å². The van der Waals surface area contributed by atoms with Crippen molar-refractivity contribution in [2.45, 2.75) is 6.04 Å². The van der Waals surface area contributed by atoms with Gasteiger partial charge in [0, 0.05) is 9.27 Å². The fourth-order valence-electron chi connectivity index (χ4n) is 2.62. The standard InChI is InChI=1S/C17H13IN4/c18-14-8-6-12(7-9-14)15-10-16(13-4-2-1-3-5-13)22-17(21-15)19-11-20-22/h1-11,16H,(H,19,20,21). The molecule has 0 spiro atoms. The van der Waals surface area contributed by atoms with Gasteiger partial charge in [-0.2, -0.15) is 10.1 Å². The summed E-state index contributed by atoms with van der Waals surface area (Å²) >= 11 is 2.31. The molecule has 0 amide bonds. The molecule has 2 aromatic carbocycles. The first kappa shape index (κ1) is 13.5. The second kappa shape index (κ2) is 5.57. The number of nitrogens with one attached hydrogen (secondary N) is 1. The molecule has 108 valence electrons. The molecule has 0 aliphatic carbocycles. The van der Waals surface area contributed by atoms with Gasteiger partial charge in [-0.15, -0.1) is 0 Å². The molecule has 1 atom stereocenters. The normalized spacial score (nSPS) is 16.6. The molecule has 1 aliphatic rings. The summed E-state index contributed by atoms with van der Waals surface area (Å²) in [7, 11) is 0. The first-order valence-electron chi connectivity index (χ1n) is 7.00. The van der Waals surface area contributed by atoms with Crippen molar-refractivity contribution >= 4 is 34.2 Å². The van der Waals surface area contributed by atoms with Gasteiger partial charge in [-0.1, -0.05) is 42.5 Å². The Morgan fingerprint density at radius 2 is 1.77 bits per heavy atom. The fraction of sp³-hybridized carbons (Fsp3) is 0.0588. The zero-order chi connectivity index (χ0) is 14.9. The van der Waals surface area contributed by atoms with E-state index in [0.717, 1.165) is 17.2 Å². The van der Waals surface area contributed by atoms with Gasteiger partial charge in [0.2, 0.25) is 5.95 Å². The number of rotatable bonds is 2. The molecule has 0 radical (unpaired) electrons. The SMILES string of the molecule is Ic1ccc(C2=CC(c3ccccc3)n3ncnc3N2)cc1. The van der Waals surface area contributed by atoms with E-state index in [-0.39, 0.29) is 6.04 Å². The average Bonchev–Trinajstić information content (AvgIpc) is 3.04. The first-order valence-corrected chi connectivity index (χ1v) is 8.08. The lowest BCUT2D eigenvalue weighted by atomic mass is 10.0. The molecule has 0 saturated heterocycles. The second-order valence-corrected chi connectivity index (χ2v) is 6.34. The predicted octanol–water partition coefficient (Wildman–Crippen LogP) is 3.94. The van der Waals surface area contributed by atoms with Gasteiger partial charge < -0.3 is 5.32 Å². The van der Waals surface area contributed by atoms with E-state index in [1.165, 1.54) is 9.13 Å². The lowest BCUT2D eigenvalue weighted by molar-refractivity contribution is 0.612. The van der Waals surface area contributed by atoms with Crippen LogP contribution in [0.5, 0.6) is 0 Å². The van der Waals surface area contributed by atoms with Gasteiger partial charge in [-0.05, 0) is 51.9 Å². The third-order valence-electron chi connectivity index (χ3n) is 3.70. The van der Waals surface area contributed by atoms with E-state index in [4.69, 9.17) is 0 Å². The van der Waals surface area contributed by atoms with Crippen molar-refractivity contribution in [1.29, 1.82) is 0 Å². The number of benzene rings is 2. The van der Waals surface area contributed by atoms with Gasteiger partial charge >= 0.3 is 0 Å². The predicted molar refractivity (Wildman–Crippen MR) is 95.4 cm³/mol. The molecule has 4 rings (SSSR count). The summed E-state index contributed by atoms with van der Waals surface area (Å²) in [6.45, 7) is 0. The van der Waals surface area contributed by atoms with Gasteiger partial charge in [-0.3, -0.25) is 0 Å². The van der Waals surface area contributed by atoms with E-state index in [1.54, 1.807) is 6.33 Å². The number of allylic oxidation sites excluding steroid dienone is 1. The highest BCUT2D eigenvalue weighted by Crippen LogP contribution is 2.31. The number of fused-ring (bicyclic) bond motifs is 1. The maximum absolute atomic E-state index is 4.35. The quantitative estimate of drug-likeness (QED) is 0.663. The summed E-state index contributed by atoms with van der Waals surface area (Å²) in [5.41, 5.74) is 3.40. The van der Waals surface area contributed by atoms with Crippen LogP contribution in [0.15, 0.2) is 67.0 Å². The van der Waals surface area contributed by atoms with Crippen LogP contribution < -0.4 is 5.32 Å². The smallest absolute Gasteiger partial charge is 0.226 e. The van der Waals surface area contributed by atoms with Crippen LogP contribution in [-0.2, 0) is 0 Å². The maximum Gasteiger partial charge on any atom is 0.226 e. The fourth-order valence-corrected chi connectivity index (χ4v) is 2.98. The van der Waals surface area contributed by atoms with Crippen LogP contribution in [0, 0.1) is 3.57 Å². The number of hydrogen-bond donors (Lipinski definition) is 1. The zero-order valence-electron chi connectivity index (χ0n) is 11.6. The largest absolute Gasteiger partial charge is 0.324 e. The Balaban J connectivity index is 1.81. The number of aromatic nitrogens is 3. The van der Waals surface area contributed by atoms with Crippen molar-refractivity contribution < 1.29 is 0 Å². The zero-order valence-corrected chi connectivity index (χ0v) is 13.8. The summed E-state index contributed by atoms with van der Waals surface area (Å²) in [5, 5.41) is 7.71. The van der Waals surface area contributed by atoms with E-state index < -0.39 is 0 Å². The number of halogens is 1. The molecular weight excluding hydrogens is 387 g/mol. The summed E-state index contributed by atoms with van der Waals surface area (Å²) in [4.78, 5) is 4.32. The van der Waals surface area contributed by atoms with Crippen molar-refractivity contribution in [3.8, 4) is 0 Å². The molecule has 5 heteroatoms. The summed E-state index contributed by atoms with van der Waals surface area (Å²) in [6.07, 6.45) is 3.78. The van der Waals surface area contributed by atoms with Crippen LogP contribution in [-0.4, -0.2) is 14.8 Å². The van der Waals surface area contributed by atoms with Gasteiger partial charge in [-0.25, -0.2) is 4.68 Å². The highest BCUT2D eigenvalue weighted by Gasteiger charge is 2.22. The van der Waals surface area contributed by atoms with Crippen molar-refractivity contribution in [2.75, 3.05) is 5.32 Å². The van der Waals surface area contributed by atoms with E-state index in [2.05, 4.69) is 80.5 Å². The van der Waals surface area contributed by atoms with Crippen molar-refractivity contribution in [2.24, 2.45) is 0 Å². The van der Waals surface area contributed by atoms with Gasteiger partial charge in [0.25, 0.3) is 0 Å². The lowest BCUT2D eigenvalue weighted by Crippen LogP contribution is -2.20. The maximum atomic E-state index is 4.35. The highest BCUT2D eigenvalue weighted by atomic mass is 127. The Hall–Kier alpha value is -2.15. The van der Waals surface area contributed by atoms with E-state index in [9.17, 15) is 0 Å². The Labute approximate surface area is 142 Å². The second-order valence-electron chi connectivity index (χ2n) is 5.10. The summed E-state index contributed by atoms with van der Waals surface area (Å²) in [6, 6.07) is 18.9. The Morgan fingerprint density at radius 3 is 2.55 bits per heavy atom. The Morgan fingerprint density at radius 1 is 1.00 bits per heavy atom.